The van der Waals surface area contributed by atoms with Gasteiger partial charge in [-0.3, -0.25) is 39.3 Å². The van der Waals surface area contributed by atoms with E-state index in [1.807, 2.05) is 39.0 Å². The number of rotatable bonds is 12. The molecule has 0 spiro atoms. The molecule has 16 heteroatoms. The van der Waals surface area contributed by atoms with Crippen LogP contribution in [0.4, 0.5) is 0 Å². The van der Waals surface area contributed by atoms with Crippen LogP contribution in [0.25, 0.3) is 33.3 Å². The molecule has 2 saturated heterocycles. The third kappa shape index (κ3) is 10.1. The van der Waals surface area contributed by atoms with Crippen molar-refractivity contribution >= 4 is 40.5 Å². The number of pyridine rings is 1. The number of methoxy groups -OCH3 is 1. The molecule has 2 aromatic carbocycles. The van der Waals surface area contributed by atoms with Crippen LogP contribution in [0.1, 0.15) is 90.2 Å². The van der Waals surface area contributed by atoms with Crippen LogP contribution in [0.15, 0.2) is 54.7 Å². The number of fused-ring (bicyclic) bond motifs is 6. The molecule has 8 rings (SSSR count). The molecule has 4 N–H and O–H groups in total. The zero-order chi connectivity index (χ0) is 48.8. The van der Waals surface area contributed by atoms with Crippen molar-refractivity contribution < 1.29 is 38.6 Å². The lowest BCUT2D eigenvalue weighted by Crippen LogP contribution is -2.62. The molecule has 6 bridgehead atoms. The Morgan fingerprint density at radius 1 is 1.04 bits per heavy atom. The van der Waals surface area contributed by atoms with Gasteiger partial charge in [-0.1, -0.05) is 39.8 Å². The number of aromatic nitrogens is 2. The number of aromatic hydroxyl groups is 1. The number of cyclic esters (lactones) is 1. The minimum atomic E-state index is -1.18. The molecule has 6 atom stereocenters. The number of amides is 4. The Morgan fingerprint density at radius 3 is 2.51 bits per heavy atom. The maximum Gasteiger partial charge on any atom is 0.324 e. The van der Waals surface area contributed by atoms with Crippen LogP contribution in [0.5, 0.6) is 5.75 Å². The summed E-state index contributed by atoms with van der Waals surface area (Å²) < 4.78 is 14.2. The van der Waals surface area contributed by atoms with Crippen molar-refractivity contribution in [2.24, 2.45) is 17.3 Å². The van der Waals surface area contributed by atoms with Crippen LogP contribution < -0.4 is 16.1 Å². The van der Waals surface area contributed by atoms with E-state index in [-0.39, 0.29) is 61.9 Å². The van der Waals surface area contributed by atoms with E-state index in [1.54, 1.807) is 39.5 Å². The van der Waals surface area contributed by atoms with E-state index in [4.69, 9.17) is 14.5 Å². The van der Waals surface area contributed by atoms with Crippen molar-refractivity contribution in [1.82, 2.24) is 40.4 Å². The van der Waals surface area contributed by atoms with E-state index in [1.165, 1.54) is 14.8 Å². The number of benzene rings is 2. The first-order chi connectivity index (χ1) is 32.4. The lowest BCUT2D eigenvalue weighted by Gasteiger charge is -2.37. The molecule has 4 aliphatic rings. The van der Waals surface area contributed by atoms with Gasteiger partial charge in [-0.2, -0.15) is 0 Å². The van der Waals surface area contributed by atoms with Gasteiger partial charge in [-0.05, 0) is 116 Å². The smallest absolute Gasteiger partial charge is 0.324 e. The quantitative estimate of drug-likeness (QED) is 0.108. The molecule has 4 aromatic rings. The number of hydrogen-bond acceptors (Lipinski definition) is 11. The van der Waals surface area contributed by atoms with Crippen LogP contribution in [0.2, 0.25) is 0 Å². The van der Waals surface area contributed by atoms with Crippen LogP contribution in [-0.2, 0) is 52.8 Å². The lowest BCUT2D eigenvalue weighted by atomic mass is 9.84. The highest BCUT2D eigenvalue weighted by atomic mass is 16.5. The molecule has 1 aliphatic carbocycles. The number of likely N-dealkylation sites (N-methyl/N-ethyl adjacent to an activating group) is 2. The maximum absolute atomic E-state index is 14.7. The first-order valence-corrected chi connectivity index (χ1v) is 24.2. The minimum absolute atomic E-state index is 0.0148. The number of hydrazine groups is 1. The molecule has 16 nitrogen and oxygen atoms in total. The Morgan fingerprint density at radius 2 is 1.81 bits per heavy atom. The summed E-state index contributed by atoms with van der Waals surface area (Å²) in [6.07, 6.45) is 5.15. The largest absolute Gasteiger partial charge is 0.508 e. The topological polar surface area (TPSA) is 198 Å². The highest BCUT2D eigenvalue weighted by Crippen LogP contribution is 2.43. The maximum atomic E-state index is 14.7. The lowest BCUT2D eigenvalue weighted by molar-refractivity contribution is -0.155. The number of phenolic OH excluding ortho intramolecular Hbond substituents is 1. The van der Waals surface area contributed by atoms with E-state index in [9.17, 15) is 29.1 Å². The molecule has 0 radical (unpaired) electrons. The second-order valence-corrected chi connectivity index (χ2v) is 20.4. The zero-order valence-corrected chi connectivity index (χ0v) is 40.9. The van der Waals surface area contributed by atoms with Gasteiger partial charge in [0.25, 0.3) is 5.91 Å². The third-order valence-electron chi connectivity index (χ3n) is 14.2. The summed E-state index contributed by atoms with van der Waals surface area (Å²) >= 11 is 0. The van der Waals surface area contributed by atoms with Gasteiger partial charge in [0, 0.05) is 74.8 Å². The van der Waals surface area contributed by atoms with Gasteiger partial charge >= 0.3 is 5.97 Å². The Bertz CT molecular complexity index is 2590. The summed E-state index contributed by atoms with van der Waals surface area (Å²) in [5.41, 5.74) is 9.52. The molecular weight excluding hydrogens is 865 g/mol. The highest BCUT2D eigenvalue weighted by Gasteiger charge is 2.52. The molecule has 364 valence electrons. The van der Waals surface area contributed by atoms with Gasteiger partial charge < -0.3 is 34.3 Å². The summed E-state index contributed by atoms with van der Waals surface area (Å²) in [4.78, 5) is 77.7. The molecule has 4 amide bonds. The Hall–Kier alpha value is -5.84. The average molecular weight is 933 g/mol. The summed E-state index contributed by atoms with van der Waals surface area (Å²) in [6.45, 7) is 12.7. The van der Waals surface area contributed by atoms with Crippen molar-refractivity contribution in [2.45, 2.75) is 123 Å². The monoisotopic (exact) mass is 933 g/mol. The number of carbonyl (C=O) groups is 5. The van der Waals surface area contributed by atoms with E-state index in [0.29, 0.717) is 42.9 Å². The Labute approximate surface area is 399 Å². The van der Waals surface area contributed by atoms with Gasteiger partial charge in [-0.15, -0.1) is 0 Å². The predicted octanol–water partition coefficient (Wildman–Crippen LogP) is 5.14. The molecule has 68 heavy (non-hydrogen) atoms. The van der Waals surface area contributed by atoms with Crippen LogP contribution in [-0.4, -0.2) is 130 Å². The fourth-order valence-corrected chi connectivity index (χ4v) is 10.3. The second kappa shape index (κ2) is 19.6. The third-order valence-corrected chi connectivity index (χ3v) is 14.2. The van der Waals surface area contributed by atoms with E-state index in [0.717, 1.165) is 51.8 Å². The number of nitrogens with one attached hydrogen (secondary N) is 3. The molecule has 5 heterocycles. The molecular formula is C52H68N8O8. The summed E-state index contributed by atoms with van der Waals surface area (Å²) in [5.74, 6) is -1.96. The van der Waals surface area contributed by atoms with E-state index < -0.39 is 47.2 Å². The van der Waals surface area contributed by atoms with Crippen molar-refractivity contribution in [2.75, 3.05) is 40.9 Å². The number of ether oxygens (including phenoxy) is 2. The van der Waals surface area contributed by atoms with Crippen LogP contribution in [0, 0.1) is 17.3 Å². The molecule has 1 saturated carbocycles. The first kappa shape index (κ1) is 48.6. The van der Waals surface area contributed by atoms with Crippen molar-refractivity contribution in [3.05, 3.63) is 71.5 Å². The summed E-state index contributed by atoms with van der Waals surface area (Å²) in [5, 5.41) is 20.0. The second-order valence-electron chi connectivity index (χ2n) is 20.4. The number of nitrogens with zero attached hydrogens (tertiary/aromatic N) is 5. The molecule has 3 aliphatic heterocycles. The Balaban J connectivity index is 1.16. The van der Waals surface area contributed by atoms with Gasteiger partial charge in [0.1, 0.15) is 29.9 Å². The highest BCUT2D eigenvalue weighted by molar-refractivity contribution is 5.96. The van der Waals surface area contributed by atoms with Crippen LogP contribution in [0.3, 0.4) is 0 Å². The van der Waals surface area contributed by atoms with E-state index in [2.05, 4.69) is 59.6 Å². The molecule has 2 unspecified atom stereocenters. The summed E-state index contributed by atoms with van der Waals surface area (Å²) in [6, 6.07) is 12.3. The number of esters is 1. The number of phenols is 1. The number of hydrogen-bond donors (Lipinski definition) is 4. The SMILES string of the molecule is CCn1c(-c2cccnc2[C@H](C)OC)c2c3cc(ccc31)-c1cc(O)cc(c1)C[C@H](NC(=O)C(C(C)C)N(C)C(=O)CN(C)C(=O)[C@H]1NC1C1CC1)C(=O)N1CCC[C@H](N1)C(=O)OCC(C)(C)C2. The standard InChI is InChI=1S/C52H68N8O8/c1-10-59-41-18-17-33-25-37(41)38(47(59)36-13-11-19-53-43(36)30(4)67-9)26-52(5,6)28-68-51(66)39-14-12-20-60(56-39)49(64)40(23-31-21-34(33)24-35(61)22-31)54-48(63)46(29(2)3)58(8)42(62)27-57(7)50(65)45-44(55-45)32-15-16-32/h11,13,17-19,21-22,24-25,29-30,32,39-40,44-46,55-56,61H,10,12,14-16,20,23,26-28H2,1-9H3,(H,54,63)/t30-,39-,40-,44?,45-,46?/m0/s1. The number of carbonyl (C=O) groups excluding carboxylic acids is 5. The van der Waals surface area contributed by atoms with Gasteiger partial charge in [0.15, 0.2) is 0 Å². The fraction of sp³-hybridized carbons (Fsp3) is 0.538. The molecule has 3 fully saturated rings. The fourth-order valence-electron chi connectivity index (χ4n) is 10.3. The van der Waals surface area contributed by atoms with Gasteiger partial charge in [0.05, 0.1) is 30.6 Å². The van der Waals surface area contributed by atoms with Gasteiger partial charge in [0.2, 0.25) is 17.7 Å². The van der Waals surface area contributed by atoms with Crippen molar-refractivity contribution in [1.29, 1.82) is 0 Å². The normalized spacial score (nSPS) is 22.5. The Kier molecular flexibility index (Phi) is 14.0. The number of aryl methyl sites for hydroxylation is 1. The van der Waals surface area contributed by atoms with Gasteiger partial charge in [-0.25, -0.2) is 5.43 Å². The zero-order valence-electron chi connectivity index (χ0n) is 40.9. The predicted molar refractivity (Wildman–Crippen MR) is 258 cm³/mol. The minimum Gasteiger partial charge on any atom is -0.508 e. The summed E-state index contributed by atoms with van der Waals surface area (Å²) in [7, 11) is 4.81. The average Bonchev–Trinajstić information content (AvgIpc) is 4.26. The van der Waals surface area contributed by atoms with Crippen LogP contribution >= 0.6 is 0 Å². The first-order valence-electron chi connectivity index (χ1n) is 24.2. The van der Waals surface area contributed by atoms with E-state index >= 15 is 0 Å². The van der Waals surface area contributed by atoms with Crippen molar-refractivity contribution in [3.8, 4) is 28.1 Å². The van der Waals surface area contributed by atoms with Crippen molar-refractivity contribution in [3.63, 3.8) is 0 Å². The molecule has 2 aromatic heterocycles.